The van der Waals surface area contributed by atoms with Gasteiger partial charge in [0, 0.05) is 0 Å². The Morgan fingerprint density at radius 2 is 1.47 bits per heavy atom. The van der Waals surface area contributed by atoms with Gasteiger partial charge in [-0.1, -0.05) is 8.92 Å². The summed E-state index contributed by atoms with van der Waals surface area (Å²) >= 11 is -1.84. The van der Waals surface area contributed by atoms with Crippen LogP contribution in [0.1, 0.15) is 0 Å². The molecule has 0 aliphatic carbocycles. The predicted molar refractivity (Wildman–Crippen MR) is 37.3 cm³/mol. The van der Waals surface area contributed by atoms with Crippen LogP contribution >= 0.6 is 12.0 Å². The maximum absolute atomic E-state index is 12.4. The number of halogens is 7. The van der Waals surface area contributed by atoms with E-state index in [1.165, 1.54) is 0 Å². The van der Waals surface area contributed by atoms with Crippen LogP contribution in [0.25, 0.3) is 0 Å². The van der Waals surface area contributed by atoms with Crippen LogP contribution in [0.4, 0.5) is 30.2 Å². The Bertz CT molecular complexity index is 366. The molecule has 0 amide bonds. The second kappa shape index (κ2) is 4.75. The molecule has 0 saturated carbocycles. The van der Waals surface area contributed by atoms with Gasteiger partial charge >= 0.3 is 26.7 Å². The van der Waals surface area contributed by atoms with E-state index in [-0.39, 0.29) is 0 Å². The summed E-state index contributed by atoms with van der Waals surface area (Å²) < 4.78 is 108. The number of rotatable bonds is 6. The van der Waals surface area contributed by atoms with Gasteiger partial charge < -0.3 is 0 Å². The summed E-state index contributed by atoms with van der Waals surface area (Å²) in [6.07, 6.45) is 0. The highest BCUT2D eigenvalue weighted by Crippen LogP contribution is 2.53. The summed E-state index contributed by atoms with van der Waals surface area (Å²) in [5.74, 6) is -6.66. The normalized spacial score (nSPS) is 15.1. The van der Waals surface area contributed by atoms with Crippen LogP contribution in [0.15, 0.2) is 0 Å². The van der Waals surface area contributed by atoms with Crippen molar-refractivity contribution >= 4 is 22.3 Å². The van der Waals surface area contributed by atoms with Crippen LogP contribution in [0.5, 0.6) is 0 Å². The molecule has 0 unspecified atom stereocenters. The summed E-state index contributed by atoms with van der Waals surface area (Å²) in [4.78, 5) is 0. The Balaban J connectivity index is 5.39. The lowest BCUT2D eigenvalue weighted by Crippen LogP contribution is -2.55. The fourth-order valence-corrected chi connectivity index (χ4v) is 1.28. The minimum Gasteiger partial charge on any atom is -0.220 e. The van der Waals surface area contributed by atoms with Gasteiger partial charge in [-0.15, -0.1) is 4.33 Å². The van der Waals surface area contributed by atoms with Crippen molar-refractivity contribution in [3.63, 3.8) is 0 Å². The predicted octanol–water partition coefficient (Wildman–Crippen LogP) is 2.18. The topological polar surface area (TPSA) is 72.8 Å². The van der Waals surface area contributed by atoms with Crippen molar-refractivity contribution in [2.45, 2.75) is 16.4 Å². The molecule has 14 heteroatoms. The van der Waals surface area contributed by atoms with Crippen LogP contribution in [0.3, 0.4) is 0 Å². The molecule has 0 bridgehead atoms. The molecule has 5 nitrogen and oxygen atoms in total. The maximum Gasteiger partial charge on any atom is 0.443 e. The van der Waals surface area contributed by atoms with E-state index in [1.54, 1.807) is 0 Å². The summed E-state index contributed by atoms with van der Waals surface area (Å²) in [5.41, 5.74) is 0. The van der Waals surface area contributed by atoms with Gasteiger partial charge in [0.25, 0.3) is 0 Å². The fourth-order valence-electron chi connectivity index (χ4n) is 0.433. The Kier molecular flexibility index (Phi) is 4.67. The molecular weight excluding hydrogens is 313 g/mol. The minimum atomic E-state index is -7.30. The Labute approximate surface area is 92.8 Å². The van der Waals surface area contributed by atoms with E-state index in [0.29, 0.717) is 0 Å². The van der Waals surface area contributed by atoms with Gasteiger partial charge in [0.15, 0.2) is 0 Å². The SMILES string of the molecule is O=S(=O)(F)C(F)(F)C(F)(F)C(F)(F)SOOO. The highest BCUT2D eigenvalue weighted by Gasteiger charge is 2.79. The largest absolute Gasteiger partial charge is 0.443 e. The van der Waals surface area contributed by atoms with Crippen molar-refractivity contribution in [3.05, 3.63) is 0 Å². The molecule has 0 rings (SSSR count). The Morgan fingerprint density at radius 1 is 1.06 bits per heavy atom. The smallest absolute Gasteiger partial charge is 0.220 e. The lowest BCUT2D eigenvalue weighted by Gasteiger charge is -2.28. The summed E-state index contributed by atoms with van der Waals surface area (Å²) in [6.45, 7) is 0. The Morgan fingerprint density at radius 3 is 1.76 bits per heavy atom. The fraction of sp³-hybridized carbons (Fsp3) is 1.00. The first-order valence-electron chi connectivity index (χ1n) is 3.05. The van der Waals surface area contributed by atoms with Crippen LogP contribution in [-0.2, 0) is 19.6 Å². The van der Waals surface area contributed by atoms with E-state index in [1.807, 2.05) is 0 Å². The third kappa shape index (κ3) is 2.93. The number of alkyl halides is 6. The van der Waals surface area contributed by atoms with Crippen molar-refractivity contribution in [2.24, 2.45) is 0 Å². The molecule has 1 N–H and O–H groups in total. The second-order valence-corrected chi connectivity index (χ2v) is 4.48. The minimum absolute atomic E-state index is 1.84. The van der Waals surface area contributed by atoms with E-state index >= 15 is 0 Å². The van der Waals surface area contributed by atoms with E-state index in [9.17, 15) is 38.6 Å². The number of hydrogen-bond donors (Lipinski definition) is 1. The van der Waals surface area contributed by atoms with Gasteiger partial charge in [-0.25, -0.2) is 5.26 Å². The first kappa shape index (κ1) is 16.7. The van der Waals surface area contributed by atoms with E-state index < -0.39 is 38.7 Å². The van der Waals surface area contributed by atoms with E-state index in [4.69, 9.17) is 5.26 Å². The van der Waals surface area contributed by atoms with Crippen LogP contribution in [-0.4, -0.2) is 30.1 Å². The van der Waals surface area contributed by atoms with Crippen molar-refractivity contribution in [1.29, 1.82) is 0 Å². The van der Waals surface area contributed by atoms with E-state index in [0.717, 1.165) is 0 Å². The van der Waals surface area contributed by atoms with Gasteiger partial charge in [-0.05, 0) is 0 Å². The van der Waals surface area contributed by atoms with Gasteiger partial charge in [0.1, 0.15) is 12.0 Å². The molecule has 0 radical (unpaired) electrons. The van der Waals surface area contributed by atoms with Crippen LogP contribution in [0, 0.1) is 0 Å². The van der Waals surface area contributed by atoms with Crippen molar-refractivity contribution in [1.82, 2.24) is 0 Å². The molecule has 0 aliphatic rings. The first-order chi connectivity index (χ1) is 7.31. The average molecular weight is 314 g/mol. The third-order valence-electron chi connectivity index (χ3n) is 1.21. The molecule has 0 atom stereocenters. The Hall–Kier alpha value is -0.310. The highest BCUT2D eigenvalue weighted by atomic mass is 32.3. The zero-order chi connectivity index (χ0) is 14.1. The standard InChI is InChI=1S/C3HF7O5S2/c4-1(5,2(6,7)16-15-14-11)3(8,9)17(10,12)13/h11H. The molecule has 0 aromatic rings. The lowest BCUT2D eigenvalue weighted by atomic mass is 10.3. The molecule has 0 fully saturated rings. The van der Waals surface area contributed by atoms with Gasteiger partial charge in [0.05, 0.1) is 0 Å². The summed E-state index contributed by atoms with van der Waals surface area (Å²) in [5, 5.41) is -2.81. The molecule has 104 valence electrons. The van der Waals surface area contributed by atoms with E-state index in [2.05, 4.69) is 9.37 Å². The first-order valence-corrected chi connectivity index (χ1v) is 5.17. The third-order valence-corrected chi connectivity index (χ3v) is 2.67. The quantitative estimate of drug-likeness (QED) is 0.266. The average Bonchev–Trinajstić information content (AvgIpc) is 2.12. The molecule has 0 heterocycles. The molecule has 0 spiro atoms. The molecule has 17 heavy (non-hydrogen) atoms. The second-order valence-electron chi connectivity index (χ2n) is 2.27. The lowest BCUT2D eigenvalue weighted by molar-refractivity contribution is -0.434. The van der Waals surface area contributed by atoms with Crippen molar-refractivity contribution in [2.75, 3.05) is 0 Å². The summed E-state index contributed by atoms with van der Waals surface area (Å²) in [7, 11) is -7.30. The van der Waals surface area contributed by atoms with Gasteiger partial charge in [0.2, 0.25) is 0 Å². The molecule has 0 aromatic carbocycles. The summed E-state index contributed by atoms with van der Waals surface area (Å²) in [6, 6.07) is 0. The monoisotopic (exact) mass is 314 g/mol. The highest BCUT2D eigenvalue weighted by molar-refractivity contribution is 7.95. The zero-order valence-corrected chi connectivity index (χ0v) is 8.68. The van der Waals surface area contributed by atoms with Crippen LogP contribution in [0.2, 0.25) is 0 Å². The van der Waals surface area contributed by atoms with Crippen molar-refractivity contribution in [3.8, 4) is 0 Å². The molecular formula is C3HF7O5S2. The molecule has 0 saturated heterocycles. The zero-order valence-electron chi connectivity index (χ0n) is 7.04. The maximum atomic E-state index is 12.4. The number of hydrogen-bond acceptors (Lipinski definition) is 6. The molecule has 0 aromatic heterocycles. The van der Waals surface area contributed by atoms with Crippen molar-refractivity contribution < 1.29 is 53.3 Å². The van der Waals surface area contributed by atoms with Crippen LogP contribution < -0.4 is 0 Å². The van der Waals surface area contributed by atoms with Gasteiger partial charge in [-0.2, -0.15) is 34.8 Å². The van der Waals surface area contributed by atoms with Gasteiger partial charge in [-0.3, -0.25) is 0 Å². The molecule has 0 aliphatic heterocycles.